The van der Waals surface area contributed by atoms with Crippen LogP contribution in [0.4, 0.5) is 0 Å². The number of carboxylic acids is 1. The molecule has 0 radical (unpaired) electrons. The molecule has 0 fully saturated rings. The first-order valence-electron chi connectivity index (χ1n) is 4.30. The molecular formula is C8H12Cl3NO3. The van der Waals surface area contributed by atoms with Crippen LogP contribution >= 0.6 is 34.8 Å². The van der Waals surface area contributed by atoms with Crippen LogP contribution in [0.15, 0.2) is 0 Å². The Bertz CT molecular complexity index is 252. The van der Waals surface area contributed by atoms with E-state index in [4.69, 9.17) is 39.9 Å². The molecule has 2 atom stereocenters. The van der Waals surface area contributed by atoms with E-state index in [9.17, 15) is 9.59 Å². The molecule has 0 saturated carbocycles. The summed E-state index contributed by atoms with van der Waals surface area (Å²) >= 11 is 15.9. The van der Waals surface area contributed by atoms with Crippen molar-refractivity contribution in [1.29, 1.82) is 0 Å². The summed E-state index contributed by atoms with van der Waals surface area (Å²) in [5.41, 5.74) is 0. The van der Waals surface area contributed by atoms with E-state index in [1.807, 2.05) is 6.92 Å². The topological polar surface area (TPSA) is 66.4 Å². The molecule has 4 nitrogen and oxygen atoms in total. The van der Waals surface area contributed by atoms with E-state index in [1.54, 1.807) is 6.92 Å². The van der Waals surface area contributed by atoms with E-state index in [0.717, 1.165) is 0 Å². The standard InChI is InChI=1S/C8H12Cl3NO3/c1-3-4(2)5(6(13)14)12-7(15)8(9,10)11/h4-5H,3H2,1-2H3,(H,12,15)(H,13,14). The Labute approximate surface area is 103 Å². The smallest absolute Gasteiger partial charge is 0.326 e. The Hall–Kier alpha value is -0.190. The highest BCUT2D eigenvalue weighted by atomic mass is 35.6. The summed E-state index contributed by atoms with van der Waals surface area (Å²) in [5.74, 6) is -2.31. The molecule has 0 aromatic heterocycles. The molecular weight excluding hydrogens is 264 g/mol. The summed E-state index contributed by atoms with van der Waals surface area (Å²) in [6.07, 6.45) is 0.594. The minimum absolute atomic E-state index is 0.237. The molecule has 0 heterocycles. The fourth-order valence-corrected chi connectivity index (χ4v) is 1.07. The zero-order valence-electron chi connectivity index (χ0n) is 8.26. The van der Waals surface area contributed by atoms with Crippen LogP contribution in [0.5, 0.6) is 0 Å². The summed E-state index contributed by atoms with van der Waals surface area (Å²) in [7, 11) is 0. The molecule has 0 bridgehead atoms. The van der Waals surface area contributed by atoms with Gasteiger partial charge in [-0.1, -0.05) is 55.1 Å². The van der Waals surface area contributed by atoms with Crippen LogP contribution in [0.2, 0.25) is 0 Å². The third-order valence-electron chi connectivity index (χ3n) is 2.02. The molecule has 0 saturated heterocycles. The normalized spacial score (nSPS) is 15.5. The van der Waals surface area contributed by atoms with Crippen LogP contribution in [0.1, 0.15) is 20.3 Å². The predicted molar refractivity (Wildman–Crippen MR) is 59.3 cm³/mol. The van der Waals surface area contributed by atoms with Crippen LogP contribution < -0.4 is 5.32 Å². The van der Waals surface area contributed by atoms with E-state index in [1.165, 1.54) is 0 Å². The third-order valence-corrected chi connectivity index (χ3v) is 2.54. The Morgan fingerprint density at radius 1 is 1.40 bits per heavy atom. The molecule has 1 amide bonds. The molecule has 0 rings (SSSR count). The number of carbonyl (C=O) groups is 2. The number of nitrogens with one attached hydrogen (secondary N) is 1. The zero-order valence-corrected chi connectivity index (χ0v) is 10.5. The molecule has 88 valence electrons. The first kappa shape index (κ1) is 14.8. The van der Waals surface area contributed by atoms with Gasteiger partial charge >= 0.3 is 5.97 Å². The molecule has 2 unspecified atom stereocenters. The van der Waals surface area contributed by atoms with Crippen molar-refractivity contribution in [2.24, 2.45) is 5.92 Å². The van der Waals surface area contributed by atoms with Gasteiger partial charge in [0.1, 0.15) is 6.04 Å². The Morgan fingerprint density at radius 2 is 1.87 bits per heavy atom. The number of carboxylic acid groups (broad SMARTS) is 1. The fraction of sp³-hybridized carbons (Fsp3) is 0.750. The SMILES string of the molecule is CCC(C)C(NC(=O)C(Cl)(Cl)Cl)C(=O)O. The minimum atomic E-state index is -2.14. The molecule has 7 heteroatoms. The summed E-state index contributed by atoms with van der Waals surface area (Å²) in [5, 5.41) is 11.0. The highest BCUT2D eigenvalue weighted by Gasteiger charge is 2.35. The molecule has 0 aliphatic carbocycles. The van der Waals surface area contributed by atoms with Gasteiger partial charge in [-0.15, -0.1) is 0 Å². The average Bonchev–Trinajstić information content (AvgIpc) is 2.10. The van der Waals surface area contributed by atoms with E-state index >= 15 is 0 Å². The monoisotopic (exact) mass is 275 g/mol. The first-order valence-corrected chi connectivity index (χ1v) is 5.44. The number of amides is 1. The van der Waals surface area contributed by atoms with Crippen LogP contribution in [-0.2, 0) is 9.59 Å². The Kier molecular flexibility index (Phi) is 5.70. The summed E-state index contributed by atoms with van der Waals surface area (Å²) in [6.45, 7) is 3.50. The van der Waals surface area contributed by atoms with Crippen molar-refractivity contribution in [2.45, 2.75) is 30.1 Å². The van der Waals surface area contributed by atoms with Crippen molar-refractivity contribution in [3.8, 4) is 0 Å². The molecule has 15 heavy (non-hydrogen) atoms. The molecule has 0 aromatic carbocycles. The average molecular weight is 277 g/mol. The number of rotatable bonds is 4. The van der Waals surface area contributed by atoms with Gasteiger partial charge in [0.15, 0.2) is 0 Å². The van der Waals surface area contributed by atoms with Crippen LogP contribution in [0, 0.1) is 5.92 Å². The maximum Gasteiger partial charge on any atom is 0.326 e. The quantitative estimate of drug-likeness (QED) is 0.772. The van der Waals surface area contributed by atoms with Gasteiger partial charge < -0.3 is 10.4 Å². The van der Waals surface area contributed by atoms with Crippen LogP contribution in [0.25, 0.3) is 0 Å². The highest BCUT2D eigenvalue weighted by molar-refractivity contribution is 6.76. The van der Waals surface area contributed by atoms with Crippen LogP contribution in [0.3, 0.4) is 0 Å². The summed E-state index contributed by atoms with van der Waals surface area (Å²) < 4.78 is -2.14. The molecule has 0 aliphatic rings. The van der Waals surface area contributed by atoms with E-state index in [-0.39, 0.29) is 5.92 Å². The van der Waals surface area contributed by atoms with E-state index in [0.29, 0.717) is 6.42 Å². The minimum Gasteiger partial charge on any atom is -0.480 e. The zero-order chi connectivity index (χ0) is 12.2. The van der Waals surface area contributed by atoms with E-state index < -0.39 is 21.7 Å². The maximum absolute atomic E-state index is 11.2. The Balaban J connectivity index is 4.57. The second-order valence-corrected chi connectivity index (χ2v) is 5.45. The lowest BCUT2D eigenvalue weighted by Crippen LogP contribution is -2.48. The number of hydrogen-bond acceptors (Lipinski definition) is 2. The molecule has 0 aliphatic heterocycles. The van der Waals surface area contributed by atoms with Crippen molar-refractivity contribution >= 4 is 46.7 Å². The van der Waals surface area contributed by atoms with Crippen molar-refractivity contribution in [2.75, 3.05) is 0 Å². The molecule has 0 spiro atoms. The third kappa shape index (κ3) is 4.91. The number of hydrogen-bond donors (Lipinski definition) is 2. The number of carbonyl (C=O) groups excluding carboxylic acids is 1. The summed E-state index contributed by atoms with van der Waals surface area (Å²) in [6, 6.07) is -1.04. The van der Waals surface area contributed by atoms with Gasteiger partial charge in [-0.25, -0.2) is 4.79 Å². The van der Waals surface area contributed by atoms with Gasteiger partial charge in [-0.2, -0.15) is 0 Å². The largest absolute Gasteiger partial charge is 0.480 e. The lowest BCUT2D eigenvalue weighted by atomic mass is 9.99. The second-order valence-electron chi connectivity index (χ2n) is 3.17. The highest BCUT2D eigenvalue weighted by Crippen LogP contribution is 2.26. The summed E-state index contributed by atoms with van der Waals surface area (Å²) in [4.78, 5) is 22.0. The predicted octanol–water partition coefficient (Wildman–Crippen LogP) is 1.97. The first-order chi connectivity index (χ1) is 6.70. The number of halogens is 3. The van der Waals surface area contributed by atoms with Gasteiger partial charge in [0.2, 0.25) is 0 Å². The lowest BCUT2D eigenvalue weighted by Gasteiger charge is -2.22. The lowest BCUT2D eigenvalue weighted by molar-refractivity contribution is -0.143. The molecule has 2 N–H and O–H groups in total. The van der Waals surface area contributed by atoms with Crippen molar-refractivity contribution in [3.63, 3.8) is 0 Å². The van der Waals surface area contributed by atoms with Gasteiger partial charge in [0, 0.05) is 0 Å². The number of alkyl halides is 3. The van der Waals surface area contributed by atoms with Crippen molar-refractivity contribution in [1.82, 2.24) is 5.32 Å². The Morgan fingerprint density at radius 3 is 2.13 bits per heavy atom. The number of aliphatic carboxylic acids is 1. The van der Waals surface area contributed by atoms with Gasteiger partial charge in [0.05, 0.1) is 0 Å². The van der Waals surface area contributed by atoms with Gasteiger partial charge in [-0.05, 0) is 5.92 Å². The molecule has 0 aromatic rings. The second kappa shape index (κ2) is 5.77. The van der Waals surface area contributed by atoms with Crippen molar-refractivity contribution in [3.05, 3.63) is 0 Å². The van der Waals surface area contributed by atoms with Crippen LogP contribution in [-0.4, -0.2) is 26.8 Å². The van der Waals surface area contributed by atoms with Crippen molar-refractivity contribution < 1.29 is 14.7 Å². The van der Waals surface area contributed by atoms with E-state index in [2.05, 4.69) is 5.32 Å². The maximum atomic E-state index is 11.2. The van der Waals surface area contributed by atoms with Gasteiger partial charge in [-0.3, -0.25) is 4.79 Å². The fourth-order valence-electron chi connectivity index (χ4n) is 0.906. The van der Waals surface area contributed by atoms with Gasteiger partial charge in [0.25, 0.3) is 9.70 Å².